The van der Waals surface area contributed by atoms with Crippen LogP contribution in [0.15, 0.2) is 82.8 Å². The smallest absolute Gasteiger partial charge is 0.343 e. The SMILES string of the molecule is N#C/C(=C\c1ccc(OC(=O)c2ccc(Br)cc2)cc1)C(=O)Nc1cccc([N+](=O)[O-])c1. The molecule has 0 saturated carbocycles. The van der Waals surface area contributed by atoms with Gasteiger partial charge in [0.1, 0.15) is 17.4 Å². The number of nitrogens with zero attached hydrogens (tertiary/aromatic N) is 2. The largest absolute Gasteiger partial charge is 0.423 e. The quantitative estimate of drug-likeness (QED) is 0.127. The molecule has 3 rings (SSSR count). The maximum atomic E-state index is 12.4. The number of non-ortho nitro benzene ring substituents is 1. The van der Waals surface area contributed by atoms with E-state index in [1.54, 1.807) is 42.5 Å². The third-order valence-electron chi connectivity index (χ3n) is 4.16. The number of amides is 1. The highest BCUT2D eigenvalue weighted by Gasteiger charge is 2.13. The van der Waals surface area contributed by atoms with Crippen molar-refractivity contribution in [3.05, 3.63) is 104 Å². The van der Waals surface area contributed by atoms with Crippen molar-refractivity contribution in [2.24, 2.45) is 0 Å². The topological polar surface area (TPSA) is 122 Å². The number of esters is 1. The lowest BCUT2D eigenvalue weighted by molar-refractivity contribution is -0.384. The molecule has 32 heavy (non-hydrogen) atoms. The summed E-state index contributed by atoms with van der Waals surface area (Å²) in [4.78, 5) is 34.8. The predicted molar refractivity (Wildman–Crippen MR) is 121 cm³/mol. The molecule has 158 valence electrons. The second-order valence-electron chi connectivity index (χ2n) is 6.40. The van der Waals surface area contributed by atoms with Crippen molar-refractivity contribution in [2.45, 2.75) is 0 Å². The van der Waals surface area contributed by atoms with E-state index in [0.29, 0.717) is 16.9 Å². The molecule has 0 unspecified atom stereocenters. The van der Waals surface area contributed by atoms with Gasteiger partial charge in [-0.15, -0.1) is 0 Å². The van der Waals surface area contributed by atoms with Crippen molar-refractivity contribution < 1.29 is 19.2 Å². The van der Waals surface area contributed by atoms with Crippen molar-refractivity contribution in [1.82, 2.24) is 0 Å². The number of nitrogens with one attached hydrogen (secondary N) is 1. The molecular formula is C23H14BrN3O5. The summed E-state index contributed by atoms with van der Waals surface area (Å²) in [6.45, 7) is 0. The summed E-state index contributed by atoms with van der Waals surface area (Å²) in [5.74, 6) is -0.928. The molecule has 0 radical (unpaired) electrons. The average molecular weight is 492 g/mol. The van der Waals surface area contributed by atoms with Gasteiger partial charge in [0.05, 0.1) is 10.5 Å². The Hall–Kier alpha value is -4.29. The van der Waals surface area contributed by atoms with E-state index < -0.39 is 16.8 Å². The van der Waals surface area contributed by atoms with Crippen molar-refractivity contribution in [1.29, 1.82) is 5.26 Å². The first-order chi connectivity index (χ1) is 15.4. The van der Waals surface area contributed by atoms with Gasteiger partial charge in [-0.2, -0.15) is 5.26 Å². The zero-order valence-corrected chi connectivity index (χ0v) is 17.9. The molecule has 9 heteroatoms. The third kappa shape index (κ3) is 5.87. The minimum absolute atomic E-state index is 0.182. The lowest BCUT2D eigenvalue weighted by atomic mass is 10.1. The summed E-state index contributed by atoms with van der Waals surface area (Å²) in [5, 5.41) is 22.7. The molecule has 0 aliphatic heterocycles. The number of anilines is 1. The van der Waals surface area contributed by atoms with E-state index in [0.717, 1.165) is 4.47 Å². The van der Waals surface area contributed by atoms with Gasteiger partial charge < -0.3 is 10.1 Å². The third-order valence-corrected chi connectivity index (χ3v) is 4.69. The number of carbonyl (C=O) groups is 2. The molecule has 0 aromatic heterocycles. The van der Waals surface area contributed by atoms with Crippen molar-refractivity contribution in [3.8, 4) is 11.8 Å². The fourth-order valence-electron chi connectivity index (χ4n) is 2.59. The number of hydrogen-bond donors (Lipinski definition) is 1. The molecule has 8 nitrogen and oxygen atoms in total. The van der Waals surface area contributed by atoms with Crippen molar-refractivity contribution >= 4 is 45.3 Å². The van der Waals surface area contributed by atoms with E-state index in [1.165, 1.54) is 42.5 Å². The Morgan fingerprint density at radius 3 is 2.38 bits per heavy atom. The van der Waals surface area contributed by atoms with Gasteiger partial charge in [0.2, 0.25) is 0 Å². The first kappa shape index (κ1) is 22.4. The van der Waals surface area contributed by atoms with Crippen LogP contribution in [-0.4, -0.2) is 16.8 Å². The Labute approximate surface area is 191 Å². The van der Waals surface area contributed by atoms with E-state index in [1.807, 2.05) is 0 Å². The minimum Gasteiger partial charge on any atom is -0.423 e. The summed E-state index contributed by atoms with van der Waals surface area (Å²) < 4.78 is 6.15. The summed E-state index contributed by atoms with van der Waals surface area (Å²) in [6, 6.07) is 20.2. The number of rotatable bonds is 6. The molecule has 0 aliphatic carbocycles. The summed E-state index contributed by atoms with van der Waals surface area (Å²) >= 11 is 3.30. The van der Waals surface area contributed by atoms with Gasteiger partial charge in [0.15, 0.2) is 0 Å². The van der Waals surface area contributed by atoms with Gasteiger partial charge in [-0.1, -0.05) is 34.1 Å². The van der Waals surface area contributed by atoms with Crippen molar-refractivity contribution in [2.75, 3.05) is 5.32 Å². The second kappa shape index (κ2) is 10.1. The number of benzene rings is 3. The number of ether oxygens (including phenoxy) is 1. The lowest BCUT2D eigenvalue weighted by Gasteiger charge is -2.06. The first-order valence-corrected chi connectivity index (χ1v) is 9.90. The molecule has 3 aromatic rings. The van der Waals surface area contributed by atoms with Crippen LogP contribution in [-0.2, 0) is 4.79 Å². The fraction of sp³-hybridized carbons (Fsp3) is 0. The van der Waals surface area contributed by atoms with Crippen LogP contribution in [0.1, 0.15) is 15.9 Å². The molecule has 1 amide bonds. The molecule has 1 N–H and O–H groups in total. The Bertz CT molecular complexity index is 1250. The monoisotopic (exact) mass is 491 g/mol. The van der Waals surface area contributed by atoms with Crippen molar-refractivity contribution in [3.63, 3.8) is 0 Å². The Morgan fingerprint density at radius 2 is 1.75 bits per heavy atom. The predicted octanol–water partition coefficient (Wildman–Crippen LogP) is 5.12. The van der Waals surface area contributed by atoms with Gasteiger partial charge in [0.25, 0.3) is 11.6 Å². The van der Waals surface area contributed by atoms with Gasteiger partial charge in [-0.25, -0.2) is 4.79 Å². The van der Waals surface area contributed by atoms with E-state index >= 15 is 0 Å². The molecule has 0 bridgehead atoms. The zero-order chi connectivity index (χ0) is 23.1. The van der Waals surface area contributed by atoms with Crippen LogP contribution in [0.4, 0.5) is 11.4 Å². The molecular weight excluding hydrogens is 478 g/mol. The van der Waals surface area contributed by atoms with Crippen LogP contribution >= 0.6 is 15.9 Å². The molecule has 3 aromatic carbocycles. The van der Waals surface area contributed by atoms with Crippen LogP contribution in [0.25, 0.3) is 6.08 Å². The number of carbonyl (C=O) groups excluding carboxylic acids is 2. The maximum absolute atomic E-state index is 12.4. The van der Waals surface area contributed by atoms with E-state index in [2.05, 4.69) is 21.2 Å². The average Bonchev–Trinajstić information content (AvgIpc) is 2.79. The van der Waals surface area contributed by atoms with E-state index in [9.17, 15) is 25.0 Å². The molecule has 0 heterocycles. The first-order valence-electron chi connectivity index (χ1n) is 9.11. The Kier molecular flexibility index (Phi) is 7.10. The summed E-state index contributed by atoms with van der Waals surface area (Å²) in [7, 11) is 0. The molecule has 0 fully saturated rings. The fourth-order valence-corrected chi connectivity index (χ4v) is 2.86. The lowest BCUT2D eigenvalue weighted by Crippen LogP contribution is -2.13. The van der Waals surface area contributed by atoms with Crippen LogP contribution < -0.4 is 10.1 Å². The highest BCUT2D eigenvalue weighted by molar-refractivity contribution is 9.10. The summed E-state index contributed by atoms with van der Waals surface area (Å²) in [5.41, 5.74) is 0.733. The molecule has 0 aliphatic rings. The highest BCUT2D eigenvalue weighted by Crippen LogP contribution is 2.20. The van der Waals surface area contributed by atoms with Gasteiger partial charge in [0, 0.05) is 22.3 Å². The van der Waals surface area contributed by atoms with Gasteiger partial charge in [-0.05, 0) is 54.1 Å². The van der Waals surface area contributed by atoms with Crippen LogP contribution in [0, 0.1) is 21.4 Å². The van der Waals surface area contributed by atoms with Crippen LogP contribution in [0.3, 0.4) is 0 Å². The normalized spacial score (nSPS) is 10.7. The number of nitriles is 1. The van der Waals surface area contributed by atoms with Gasteiger partial charge in [-0.3, -0.25) is 14.9 Å². The summed E-state index contributed by atoms with van der Waals surface area (Å²) in [6.07, 6.45) is 1.35. The molecule has 0 saturated heterocycles. The Balaban J connectivity index is 1.69. The molecule has 0 atom stereocenters. The van der Waals surface area contributed by atoms with Crippen LogP contribution in [0.5, 0.6) is 5.75 Å². The number of nitro groups is 1. The standard InChI is InChI=1S/C23H14BrN3O5/c24-18-8-6-16(7-9-18)23(29)32-21-10-4-15(5-11-21)12-17(14-25)22(28)26-19-2-1-3-20(13-19)27(30)31/h1-13H,(H,26,28)/b17-12+. The zero-order valence-electron chi connectivity index (χ0n) is 16.3. The van der Waals surface area contributed by atoms with E-state index in [4.69, 9.17) is 4.74 Å². The van der Waals surface area contributed by atoms with E-state index in [-0.39, 0.29) is 16.9 Å². The number of halogens is 1. The number of nitro benzene ring substituents is 1. The van der Waals surface area contributed by atoms with Crippen LogP contribution in [0.2, 0.25) is 0 Å². The number of hydrogen-bond acceptors (Lipinski definition) is 6. The van der Waals surface area contributed by atoms with Gasteiger partial charge >= 0.3 is 5.97 Å². The maximum Gasteiger partial charge on any atom is 0.343 e. The Morgan fingerprint density at radius 1 is 1.06 bits per heavy atom. The second-order valence-corrected chi connectivity index (χ2v) is 7.31. The highest BCUT2D eigenvalue weighted by atomic mass is 79.9. The minimum atomic E-state index is -0.709. The molecule has 0 spiro atoms.